The number of hydrogen-bond donors (Lipinski definition) is 1. The Kier molecular flexibility index (Phi) is 7.78. The van der Waals surface area contributed by atoms with Gasteiger partial charge in [0.1, 0.15) is 5.75 Å². The molecule has 1 fully saturated rings. The predicted molar refractivity (Wildman–Crippen MR) is 116 cm³/mol. The number of carbonyl (C=O) groups is 1. The molecule has 2 aromatic rings. The minimum atomic E-state index is -0.0953. The molecule has 2 aromatic carbocycles. The van der Waals surface area contributed by atoms with Gasteiger partial charge in [-0.15, -0.1) is 0 Å². The van der Waals surface area contributed by atoms with Crippen LogP contribution in [0.3, 0.4) is 0 Å². The van der Waals surface area contributed by atoms with Crippen LogP contribution < -0.4 is 10.2 Å². The topological polar surface area (TPSA) is 57.2 Å². The van der Waals surface area contributed by atoms with Gasteiger partial charge in [0.25, 0.3) is 5.91 Å². The Morgan fingerprint density at radius 3 is 2.48 bits per heavy atom. The molecule has 0 unspecified atom stereocenters. The molecule has 0 saturated carbocycles. The first kappa shape index (κ1) is 21.0. The van der Waals surface area contributed by atoms with Crippen LogP contribution in [-0.2, 0) is 11.3 Å². The van der Waals surface area contributed by atoms with Gasteiger partial charge in [-0.05, 0) is 31.5 Å². The van der Waals surface area contributed by atoms with E-state index in [4.69, 9.17) is 4.74 Å². The summed E-state index contributed by atoms with van der Waals surface area (Å²) in [5.41, 5.74) is 6.09. The van der Waals surface area contributed by atoms with Crippen LogP contribution in [0.25, 0.3) is 0 Å². The number of benzene rings is 2. The summed E-state index contributed by atoms with van der Waals surface area (Å²) >= 11 is 0. The highest BCUT2D eigenvalue weighted by molar-refractivity contribution is 5.85. The van der Waals surface area contributed by atoms with E-state index in [-0.39, 0.29) is 5.91 Å². The lowest BCUT2D eigenvalue weighted by atomic mass is 10.1. The normalized spacial score (nSPS) is 15.5. The molecule has 0 radical (unpaired) electrons. The SMILES string of the molecule is CCOc1ccccc1C=NNC(=O)CN1CCN(Cc2ccc(C)cc2)CC1. The third-order valence-electron chi connectivity index (χ3n) is 4.97. The van der Waals surface area contributed by atoms with Crippen molar-refractivity contribution in [3.05, 3.63) is 65.2 Å². The van der Waals surface area contributed by atoms with Crippen molar-refractivity contribution in [3.63, 3.8) is 0 Å². The van der Waals surface area contributed by atoms with Crippen LogP contribution in [0, 0.1) is 6.92 Å². The molecule has 29 heavy (non-hydrogen) atoms. The summed E-state index contributed by atoms with van der Waals surface area (Å²) in [6.07, 6.45) is 1.63. The van der Waals surface area contributed by atoms with Gasteiger partial charge >= 0.3 is 0 Å². The van der Waals surface area contributed by atoms with Crippen LogP contribution >= 0.6 is 0 Å². The molecule has 1 aliphatic rings. The molecule has 0 aromatic heterocycles. The number of nitrogens with zero attached hydrogens (tertiary/aromatic N) is 3. The average Bonchev–Trinajstić information content (AvgIpc) is 2.73. The van der Waals surface area contributed by atoms with Crippen LogP contribution in [0.15, 0.2) is 53.6 Å². The van der Waals surface area contributed by atoms with Crippen LogP contribution in [0.4, 0.5) is 0 Å². The fourth-order valence-electron chi connectivity index (χ4n) is 3.34. The van der Waals surface area contributed by atoms with E-state index >= 15 is 0 Å². The van der Waals surface area contributed by atoms with Crippen molar-refractivity contribution in [3.8, 4) is 5.75 Å². The molecule has 3 rings (SSSR count). The maximum atomic E-state index is 12.2. The summed E-state index contributed by atoms with van der Waals surface area (Å²) in [4.78, 5) is 16.8. The Bertz CT molecular complexity index is 812. The van der Waals surface area contributed by atoms with Crippen LogP contribution in [0.5, 0.6) is 5.75 Å². The number of piperazine rings is 1. The zero-order valence-electron chi connectivity index (χ0n) is 17.3. The summed E-state index contributed by atoms with van der Waals surface area (Å²) < 4.78 is 5.56. The van der Waals surface area contributed by atoms with Gasteiger partial charge in [0.15, 0.2) is 0 Å². The van der Waals surface area contributed by atoms with E-state index < -0.39 is 0 Å². The zero-order valence-corrected chi connectivity index (χ0v) is 17.3. The molecule has 1 amide bonds. The standard InChI is InChI=1S/C23H30N4O2/c1-3-29-22-7-5-4-6-21(22)16-24-25-23(28)18-27-14-12-26(13-15-27)17-20-10-8-19(2)9-11-20/h4-11,16H,3,12-15,17-18H2,1-2H3,(H,25,28). The highest BCUT2D eigenvalue weighted by atomic mass is 16.5. The van der Waals surface area contributed by atoms with E-state index in [1.807, 2.05) is 31.2 Å². The van der Waals surface area contributed by atoms with Crippen LogP contribution in [0.2, 0.25) is 0 Å². The Morgan fingerprint density at radius 2 is 1.76 bits per heavy atom. The lowest BCUT2D eigenvalue weighted by Crippen LogP contribution is -2.48. The fourth-order valence-corrected chi connectivity index (χ4v) is 3.34. The number of nitrogens with one attached hydrogen (secondary N) is 1. The molecular formula is C23H30N4O2. The molecule has 0 spiro atoms. The van der Waals surface area contributed by atoms with Gasteiger partial charge < -0.3 is 4.74 Å². The Labute approximate surface area is 173 Å². The van der Waals surface area contributed by atoms with Gasteiger partial charge in [-0.2, -0.15) is 5.10 Å². The first-order valence-corrected chi connectivity index (χ1v) is 10.2. The van der Waals surface area contributed by atoms with E-state index in [0.717, 1.165) is 44.0 Å². The second-order valence-corrected chi connectivity index (χ2v) is 7.30. The van der Waals surface area contributed by atoms with Crippen molar-refractivity contribution in [2.45, 2.75) is 20.4 Å². The third-order valence-corrected chi connectivity index (χ3v) is 4.97. The summed E-state index contributed by atoms with van der Waals surface area (Å²) in [6.45, 7) is 9.66. The smallest absolute Gasteiger partial charge is 0.254 e. The molecule has 0 bridgehead atoms. The number of hydrazone groups is 1. The Morgan fingerprint density at radius 1 is 1.07 bits per heavy atom. The summed E-state index contributed by atoms with van der Waals surface area (Å²) in [5.74, 6) is 0.667. The Balaban J connectivity index is 1.40. The van der Waals surface area contributed by atoms with Crippen molar-refractivity contribution >= 4 is 12.1 Å². The van der Waals surface area contributed by atoms with Crippen molar-refractivity contribution in [1.82, 2.24) is 15.2 Å². The van der Waals surface area contributed by atoms with Crippen molar-refractivity contribution in [1.29, 1.82) is 0 Å². The van der Waals surface area contributed by atoms with Crippen LogP contribution in [0.1, 0.15) is 23.6 Å². The third kappa shape index (κ3) is 6.69. The number of para-hydroxylation sites is 1. The summed E-state index contributed by atoms with van der Waals surface area (Å²) in [7, 11) is 0. The molecule has 1 aliphatic heterocycles. The maximum Gasteiger partial charge on any atom is 0.254 e. The lowest BCUT2D eigenvalue weighted by molar-refractivity contribution is -0.122. The van der Waals surface area contributed by atoms with Crippen molar-refractivity contribution in [2.24, 2.45) is 5.10 Å². The first-order chi connectivity index (χ1) is 14.1. The molecule has 154 valence electrons. The van der Waals surface area contributed by atoms with E-state index in [1.165, 1.54) is 11.1 Å². The number of hydrogen-bond acceptors (Lipinski definition) is 5. The van der Waals surface area contributed by atoms with Gasteiger partial charge in [0.05, 0.1) is 19.4 Å². The second-order valence-electron chi connectivity index (χ2n) is 7.30. The molecule has 6 heteroatoms. The summed E-state index contributed by atoms with van der Waals surface area (Å²) in [5, 5.41) is 4.09. The lowest BCUT2D eigenvalue weighted by Gasteiger charge is -2.34. The Hall–Kier alpha value is -2.70. The second kappa shape index (κ2) is 10.7. The van der Waals surface area contributed by atoms with Gasteiger partial charge in [0.2, 0.25) is 0 Å². The monoisotopic (exact) mass is 394 g/mol. The molecule has 6 nitrogen and oxygen atoms in total. The number of ether oxygens (including phenoxy) is 1. The molecule has 1 saturated heterocycles. The van der Waals surface area contributed by atoms with E-state index in [1.54, 1.807) is 6.21 Å². The highest BCUT2D eigenvalue weighted by Gasteiger charge is 2.18. The molecule has 1 heterocycles. The van der Waals surface area contributed by atoms with Gasteiger partial charge in [-0.25, -0.2) is 5.43 Å². The van der Waals surface area contributed by atoms with Crippen molar-refractivity contribution in [2.75, 3.05) is 39.3 Å². The number of aryl methyl sites for hydroxylation is 1. The van der Waals surface area contributed by atoms with Crippen molar-refractivity contribution < 1.29 is 9.53 Å². The number of rotatable bonds is 8. The average molecular weight is 395 g/mol. The number of amides is 1. The predicted octanol–water partition coefficient (Wildman–Crippen LogP) is 2.66. The van der Waals surface area contributed by atoms with Gasteiger partial charge in [0, 0.05) is 38.3 Å². The molecule has 0 aliphatic carbocycles. The fraction of sp³-hybridized carbons (Fsp3) is 0.391. The molecule has 0 atom stereocenters. The minimum Gasteiger partial charge on any atom is -0.493 e. The highest BCUT2D eigenvalue weighted by Crippen LogP contribution is 2.15. The van der Waals surface area contributed by atoms with Crippen LogP contribution in [-0.4, -0.2) is 61.3 Å². The quantitative estimate of drug-likeness (QED) is 0.552. The molecular weight excluding hydrogens is 364 g/mol. The summed E-state index contributed by atoms with van der Waals surface area (Å²) in [6, 6.07) is 16.3. The minimum absolute atomic E-state index is 0.0953. The molecule has 1 N–H and O–H groups in total. The maximum absolute atomic E-state index is 12.2. The van der Waals surface area contributed by atoms with Gasteiger partial charge in [-0.3, -0.25) is 14.6 Å². The zero-order chi connectivity index (χ0) is 20.5. The van der Waals surface area contributed by atoms with E-state index in [0.29, 0.717) is 13.2 Å². The van der Waals surface area contributed by atoms with E-state index in [2.05, 4.69) is 51.5 Å². The largest absolute Gasteiger partial charge is 0.493 e. The number of carbonyl (C=O) groups excluding carboxylic acids is 1. The first-order valence-electron chi connectivity index (χ1n) is 10.2. The van der Waals surface area contributed by atoms with Gasteiger partial charge in [-0.1, -0.05) is 42.0 Å². The van der Waals surface area contributed by atoms with E-state index in [9.17, 15) is 4.79 Å².